The summed E-state index contributed by atoms with van der Waals surface area (Å²) in [4.78, 5) is 14.9. The molecule has 1 aromatic heterocycles. The molecule has 4 rings (SSSR count). The van der Waals surface area contributed by atoms with Gasteiger partial charge in [0.2, 0.25) is 0 Å². The van der Waals surface area contributed by atoms with Crippen LogP contribution in [-0.2, 0) is 13.1 Å². The molecule has 1 aliphatic heterocycles. The van der Waals surface area contributed by atoms with E-state index < -0.39 is 0 Å². The number of piperidine rings is 1. The Morgan fingerprint density at radius 1 is 1.17 bits per heavy atom. The second kappa shape index (κ2) is 8.92. The summed E-state index contributed by atoms with van der Waals surface area (Å²) in [5.41, 5.74) is 4.27. The Balaban J connectivity index is 1.46. The fraction of sp³-hybridized carbons (Fsp3) is 0.400. The molecule has 2 heterocycles. The number of carbonyl (C=O) groups excluding carboxylic acids is 1. The lowest BCUT2D eigenvalue weighted by Crippen LogP contribution is -3.12. The molecule has 2 N–H and O–H groups in total. The van der Waals surface area contributed by atoms with E-state index in [0.717, 1.165) is 66.9 Å². The molecule has 1 aliphatic rings. The minimum Gasteiger partial charge on any atom is -0.497 e. The Morgan fingerprint density at radius 3 is 2.57 bits per heavy atom. The van der Waals surface area contributed by atoms with Gasteiger partial charge in [-0.1, -0.05) is 30.3 Å². The molecule has 30 heavy (non-hydrogen) atoms. The third-order valence-electron chi connectivity index (χ3n) is 6.40. The van der Waals surface area contributed by atoms with Crippen LogP contribution in [-0.4, -0.2) is 36.7 Å². The van der Waals surface area contributed by atoms with Crippen LogP contribution in [0.5, 0.6) is 5.75 Å². The van der Waals surface area contributed by atoms with E-state index in [4.69, 9.17) is 4.74 Å². The van der Waals surface area contributed by atoms with Crippen molar-refractivity contribution in [2.24, 2.45) is 0 Å². The average molecular weight is 407 g/mol. The predicted octanol–water partition coefficient (Wildman–Crippen LogP) is 2.96. The second-order valence-corrected chi connectivity index (χ2v) is 8.25. The maximum atomic E-state index is 13.3. The molecule has 0 atom stereocenters. The summed E-state index contributed by atoms with van der Waals surface area (Å²) < 4.78 is 7.61. The van der Waals surface area contributed by atoms with Crippen LogP contribution in [0, 0.1) is 6.92 Å². The standard InChI is InChI=1S/C25H31N3O2/c1-4-28-18(2)24(22-16-21(30-3)10-11-23(22)28)25(29)26-20-12-14-27(15-13-20)17-19-8-6-5-7-9-19/h5-11,16,20H,4,12-15,17H2,1-3H3,(H,26,29)/p+1. The molecule has 158 valence electrons. The summed E-state index contributed by atoms with van der Waals surface area (Å²) in [5.74, 6) is 0.817. The number of methoxy groups -OCH3 is 1. The smallest absolute Gasteiger partial charge is 0.253 e. The summed E-state index contributed by atoms with van der Waals surface area (Å²) in [6, 6.07) is 16.9. The number of aromatic nitrogens is 1. The van der Waals surface area contributed by atoms with Crippen molar-refractivity contribution in [1.29, 1.82) is 0 Å². The highest BCUT2D eigenvalue weighted by Crippen LogP contribution is 2.29. The minimum absolute atomic E-state index is 0.0365. The van der Waals surface area contributed by atoms with Crippen LogP contribution in [0.1, 0.15) is 41.4 Å². The summed E-state index contributed by atoms with van der Waals surface area (Å²) >= 11 is 0. The predicted molar refractivity (Wildman–Crippen MR) is 120 cm³/mol. The number of nitrogens with one attached hydrogen (secondary N) is 2. The highest BCUT2D eigenvalue weighted by molar-refractivity contribution is 6.08. The zero-order chi connectivity index (χ0) is 21.1. The number of aryl methyl sites for hydroxylation is 1. The molecule has 3 aromatic rings. The van der Waals surface area contributed by atoms with E-state index in [1.54, 1.807) is 12.0 Å². The number of benzene rings is 2. The van der Waals surface area contributed by atoms with Gasteiger partial charge in [0.05, 0.1) is 25.8 Å². The third kappa shape index (κ3) is 4.08. The fourth-order valence-electron chi connectivity index (χ4n) is 4.77. The van der Waals surface area contributed by atoms with Crippen molar-refractivity contribution in [2.45, 2.75) is 45.8 Å². The number of likely N-dealkylation sites (tertiary alicyclic amines) is 1. The molecular formula is C25H32N3O2+. The number of ether oxygens (including phenoxy) is 1. The number of hydrogen-bond acceptors (Lipinski definition) is 2. The van der Waals surface area contributed by atoms with E-state index in [2.05, 4.69) is 47.1 Å². The van der Waals surface area contributed by atoms with Crippen LogP contribution < -0.4 is 15.0 Å². The zero-order valence-electron chi connectivity index (χ0n) is 18.2. The third-order valence-corrected chi connectivity index (χ3v) is 6.40. The van der Waals surface area contributed by atoms with Gasteiger partial charge in [-0.25, -0.2) is 0 Å². The number of rotatable bonds is 6. The quantitative estimate of drug-likeness (QED) is 0.661. The molecule has 0 spiro atoms. The highest BCUT2D eigenvalue weighted by atomic mass is 16.5. The van der Waals surface area contributed by atoms with Crippen molar-refractivity contribution in [3.05, 3.63) is 65.4 Å². The zero-order valence-corrected chi connectivity index (χ0v) is 18.2. The van der Waals surface area contributed by atoms with Gasteiger partial charge in [0.1, 0.15) is 12.3 Å². The van der Waals surface area contributed by atoms with Gasteiger partial charge in [-0.2, -0.15) is 0 Å². The molecule has 5 nitrogen and oxygen atoms in total. The van der Waals surface area contributed by atoms with Gasteiger partial charge in [-0.15, -0.1) is 0 Å². The molecule has 5 heteroatoms. The van der Waals surface area contributed by atoms with Crippen LogP contribution in [0.25, 0.3) is 10.9 Å². The molecule has 2 aromatic carbocycles. The second-order valence-electron chi connectivity index (χ2n) is 8.25. The van der Waals surface area contributed by atoms with Crippen LogP contribution in [0.2, 0.25) is 0 Å². The van der Waals surface area contributed by atoms with E-state index in [1.807, 2.05) is 25.1 Å². The lowest BCUT2D eigenvalue weighted by Gasteiger charge is -2.30. The van der Waals surface area contributed by atoms with Crippen molar-refractivity contribution < 1.29 is 14.4 Å². The van der Waals surface area contributed by atoms with E-state index in [1.165, 1.54) is 5.56 Å². The SMILES string of the molecule is CCn1c(C)c(C(=O)NC2CC[NH+](Cc3ccccc3)CC2)c2cc(OC)ccc21. The summed E-state index contributed by atoms with van der Waals surface area (Å²) in [7, 11) is 1.66. The van der Waals surface area contributed by atoms with Crippen LogP contribution >= 0.6 is 0 Å². The normalized spacial score (nSPS) is 19.0. The van der Waals surface area contributed by atoms with Gasteiger partial charge >= 0.3 is 0 Å². The van der Waals surface area contributed by atoms with Crippen molar-refractivity contribution in [1.82, 2.24) is 9.88 Å². The van der Waals surface area contributed by atoms with Gasteiger partial charge in [0, 0.05) is 47.6 Å². The molecule has 0 radical (unpaired) electrons. The number of nitrogens with zero attached hydrogens (tertiary/aromatic N) is 1. The summed E-state index contributed by atoms with van der Waals surface area (Å²) in [6.45, 7) is 8.22. The van der Waals surface area contributed by atoms with Gasteiger partial charge in [0.25, 0.3) is 5.91 Å². The largest absolute Gasteiger partial charge is 0.497 e. The fourth-order valence-corrected chi connectivity index (χ4v) is 4.77. The highest BCUT2D eigenvalue weighted by Gasteiger charge is 2.26. The van der Waals surface area contributed by atoms with Crippen molar-refractivity contribution in [3.63, 3.8) is 0 Å². The molecule has 1 fully saturated rings. The monoisotopic (exact) mass is 406 g/mol. The summed E-state index contributed by atoms with van der Waals surface area (Å²) in [6.07, 6.45) is 2.03. The van der Waals surface area contributed by atoms with Crippen LogP contribution in [0.15, 0.2) is 48.5 Å². The molecule has 1 saturated heterocycles. The van der Waals surface area contributed by atoms with Crippen molar-refractivity contribution in [2.75, 3.05) is 20.2 Å². The first-order valence-corrected chi connectivity index (χ1v) is 11.0. The first kappa shape index (κ1) is 20.5. The topological polar surface area (TPSA) is 47.7 Å². The van der Waals surface area contributed by atoms with E-state index in [0.29, 0.717) is 0 Å². The molecule has 0 bridgehead atoms. The van der Waals surface area contributed by atoms with E-state index in [-0.39, 0.29) is 11.9 Å². The number of carbonyl (C=O) groups is 1. The Labute approximate surface area is 178 Å². The van der Waals surface area contributed by atoms with Crippen molar-refractivity contribution in [3.8, 4) is 5.75 Å². The number of quaternary nitrogens is 1. The molecule has 1 amide bonds. The lowest BCUT2D eigenvalue weighted by atomic mass is 10.0. The summed E-state index contributed by atoms with van der Waals surface area (Å²) in [5, 5.41) is 4.29. The minimum atomic E-state index is 0.0365. The van der Waals surface area contributed by atoms with E-state index in [9.17, 15) is 4.79 Å². The lowest BCUT2D eigenvalue weighted by molar-refractivity contribution is -0.918. The van der Waals surface area contributed by atoms with Crippen molar-refractivity contribution >= 4 is 16.8 Å². The van der Waals surface area contributed by atoms with Crippen LogP contribution in [0.4, 0.5) is 0 Å². The molecule has 0 unspecified atom stereocenters. The number of amides is 1. The Kier molecular flexibility index (Phi) is 6.09. The van der Waals surface area contributed by atoms with Crippen LogP contribution in [0.3, 0.4) is 0 Å². The molecule has 0 saturated carbocycles. The first-order valence-electron chi connectivity index (χ1n) is 11.0. The first-order chi connectivity index (χ1) is 14.6. The molecular weight excluding hydrogens is 374 g/mol. The Hall–Kier alpha value is -2.79. The number of fused-ring (bicyclic) bond motifs is 1. The Bertz CT molecular complexity index is 1020. The number of hydrogen-bond donors (Lipinski definition) is 2. The van der Waals surface area contributed by atoms with Gasteiger partial charge in [0.15, 0.2) is 0 Å². The maximum Gasteiger partial charge on any atom is 0.253 e. The Morgan fingerprint density at radius 2 is 1.90 bits per heavy atom. The molecule has 0 aliphatic carbocycles. The average Bonchev–Trinajstić information content (AvgIpc) is 3.06. The van der Waals surface area contributed by atoms with Gasteiger partial charge in [-0.05, 0) is 32.0 Å². The van der Waals surface area contributed by atoms with E-state index >= 15 is 0 Å². The maximum absolute atomic E-state index is 13.3. The van der Waals surface area contributed by atoms with Gasteiger partial charge in [-0.3, -0.25) is 4.79 Å². The van der Waals surface area contributed by atoms with Gasteiger partial charge < -0.3 is 19.5 Å².